The second kappa shape index (κ2) is 8.03. The molecular formula is C16H21F3N2O3. The minimum absolute atomic E-state index is 0.0456. The Morgan fingerprint density at radius 3 is 2.33 bits per heavy atom. The maximum absolute atomic E-state index is 12.8. The molecule has 0 atom stereocenters. The number of carbonyl (C=O) groups is 2. The summed E-state index contributed by atoms with van der Waals surface area (Å²) in [7, 11) is 0. The van der Waals surface area contributed by atoms with Gasteiger partial charge in [0.15, 0.2) is 0 Å². The lowest BCUT2D eigenvalue weighted by molar-refractivity contribution is -0.138. The van der Waals surface area contributed by atoms with E-state index < -0.39 is 29.2 Å². The topological polar surface area (TPSA) is 78.4 Å². The van der Waals surface area contributed by atoms with Crippen LogP contribution in [-0.4, -0.2) is 30.2 Å². The number of halogens is 3. The fourth-order valence-electron chi connectivity index (χ4n) is 2.02. The Kier molecular flexibility index (Phi) is 6.62. The molecule has 0 spiro atoms. The molecule has 0 saturated carbocycles. The van der Waals surface area contributed by atoms with Crippen molar-refractivity contribution in [1.82, 2.24) is 10.6 Å². The van der Waals surface area contributed by atoms with Crippen molar-refractivity contribution < 1.29 is 27.9 Å². The summed E-state index contributed by atoms with van der Waals surface area (Å²) in [5, 5.41) is 13.6. The van der Waals surface area contributed by atoms with Crippen LogP contribution in [0.5, 0.6) is 0 Å². The SMILES string of the molecule is CC(C)(CNC(=O)NCCCC(=O)O)c1cccc(C(F)(F)F)c1. The third-order valence-corrected chi connectivity index (χ3v) is 3.52. The number of rotatable bonds is 7. The molecule has 24 heavy (non-hydrogen) atoms. The Hall–Kier alpha value is -2.25. The van der Waals surface area contributed by atoms with Crippen LogP contribution in [0.15, 0.2) is 24.3 Å². The zero-order chi connectivity index (χ0) is 18.4. The Morgan fingerprint density at radius 1 is 1.12 bits per heavy atom. The van der Waals surface area contributed by atoms with Crippen LogP contribution in [0, 0.1) is 0 Å². The monoisotopic (exact) mass is 346 g/mol. The first-order chi connectivity index (χ1) is 11.0. The number of carboxylic acids is 1. The summed E-state index contributed by atoms with van der Waals surface area (Å²) in [6.07, 6.45) is -4.16. The van der Waals surface area contributed by atoms with Crippen molar-refractivity contribution >= 4 is 12.0 Å². The Labute approximate surface area is 138 Å². The van der Waals surface area contributed by atoms with Crippen molar-refractivity contribution in [2.45, 2.75) is 38.3 Å². The molecule has 0 saturated heterocycles. The van der Waals surface area contributed by atoms with Crippen LogP contribution < -0.4 is 10.6 Å². The van der Waals surface area contributed by atoms with Crippen LogP contribution in [0.25, 0.3) is 0 Å². The van der Waals surface area contributed by atoms with Gasteiger partial charge in [0.25, 0.3) is 0 Å². The van der Waals surface area contributed by atoms with Gasteiger partial charge in [0.05, 0.1) is 5.56 Å². The maximum atomic E-state index is 12.8. The number of carbonyl (C=O) groups excluding carboxylic acids is 1. The normalized spacial score (nSPS) is 11.9. The zero-order valence-corrected chi connectivity index (χ0v) is 13.5. The van der Waals surface area contributed by atoms with Crippen LogP contribution in [0.3, 0.4) is 0 Å². The fraction of sp³-hybridized carbons (Fsp3) is 0.500. The molecule has 0 aliphatic heterocycles. The number of alkyl halides is 3. The largest absolute Gasteiger partial charge is 0.481 e. The molecule has 0 fully saturated rings. The van der Waals surface area contributed by atoms with E-state index in [0.717, 1.165) is 12.1 Å². The highest BCUT2D eigenvalue weighted by Crippen LogP contribution is 2.32. The van der Waals surface area contributed by atoms with Gasteiger partial charge >= 0.3 is 18.2 Å². The van der Waals surface area contributed by atoms with Crippen molar-refractivity contribution in [2.24, 2.45) is 0 Å². The lowest BCUT2D eigenvalue weighted by Gasteiger charge is -2.26. The molecule has 5 nitrogen and oxygen atoms in total. The molecule has 0 aromatic heterocycles. The molecule has 2 amide bonds. The molecule has 1 aromatic rings. The molecule has 134 valence electrons. The summed E-state index contributed by atoms with van der Waals surface area (Å²) >= 11 is 0. The second-order valence-electron chi connectivity index (χ2n) is 6.07. The van der Waals surface area contributed by atoms with Crippen molar-refractivity contribution in [3.63, 3.8) is 0 Å². The molecule has 1 rings (SSSR count). The van der Waals surface area contributed by atoms with Gasteiger partial charge in [-0.2, -0.15) is 13.2 Å². The van der Waals surface area contributed by atoms with Crippen LogP contribution in [0.4, 0.5) is 18.0 Å². The third-order valence-electron chi connectivity index (χ3n) is 3.52. The van der Waals surface area contributed by atoms with Crippen LogP contribution in [-0.2, 0) is 16.4 Å². The fourth-order valence-corrected chi connectivity index (χ4v) is 2.02. The maximum Gasteiger partial charge on any atom is 0.416 e. The van der Waals surface area contributed by atoms with E-state index in [1.54, 1.807) is 19.9 Å². The number of urea groups is 1. The molecule has 3 N–H and O–H groups in total. The van der Waals surface area contributed by atoms with E-state index in [1.807, 2.05) is 0 Å². The predicted molar refractivity (Wildman–Crippen MR) is 82.7 cm³/mol. The van der Waals surface area contributed by atoms with E-state index in [4.69, 9.17) is 5.11 Å². The average molecular weight is 346 g/mol. The highest BCUT2D eigenvalue weighted by molar-refractivity contribution is 5.74. The lowest BCUT2D eigenvalue weighted by atomic mass is 9.84. The van der Waals surface area contributed by atoms with Crippen molar-refractivity contribution in [3.05, 3.63) is 35.4 Å². The van der Waals surface area contributed by atoms with Gasteiger partial charge in [-0.05, 0) is 18.1 Å². The third kappa shape index (κ3) is 6.47. The van der Waals surface area contributed by atoms with Gasteiger partial charge in [0.1, 0.15) is 0 Å². The van der Waals surface area contributed by atoms with Gasteiger partial charge in [-0.15, -0.1) is 0 Å². The molecule has 0 heterocycles. The van der Waals surface area contributed by atoms with Gasteiger partial charge in [0.2, 0.25) is 0 Å². The van der Waals surface area contributed by atoms with Crippen molar-refractivity contribution in [2.75, 3.05) is 13.1 Å². The number of carboxylic acid groups (broad SMARTS) is 1. The summed E-state index contributed by atoms with van der Waals surface area (Å²) in [5.74, 6) is -0.942. The van der Waals surface area contributed by atoms with Crippen LogP contribution >= 0.6 is 0 Å². The first-order valence-corrected chi connectivity index (χ1v) is 7.43. The molecule has 0 aliphatic rings. The van der Waals surface area contributed by atoms with Gasteiger partial charge in [-0.3, -0.25) is 4.79 Å². The summed E-state index contributed by atoms with van der Waals surface area (Å²) in [5.41, 5.74) is -0.964. The van der Waals surface area contributed by atoms with Gasteiger partial charge < -0.3 is 15.7 Å². The quantitative estimate of drug-likeness (QED) is 0.664. The number of hydrogen-bond acceptors (Lipinski definition) is 2. The second-order valence-corrected chi connectivity index (χ2v) is 6.07. The highest BCUT2D eigenvalue weighted by atomic mass is 19.4. The first-order valence-electron chi connectivity index (χ1n) is 7.43. The zero-order valence-electron chi connectivity index (χ0n) is 13.5. The number of amides is 2. The van der Waals surface area contributed by atoms with E-state index in [-0.39, 0.29) is 19.5 Å². The molecule has 8 heteroatoms. The standard InChI is InChI=1S/C16H21F3N2O3/c1-15(2,10-21-14(24)20-8-4-7-13(22)23)11-5-3-6-12(9-11)16(17,18)19/h3,5-6,9H,4,7-8,10H2,1-2H3,(H,22,23)(H2,20,21,24). The number of benzene rings is 1. The van der Waals surface area contributed by atoms with Gasteiger partial charge in [-0.1, -0.05) is 32.0 Å². The summed E-state index contributed by atoms with van der Waals surface area (Å²) in [4.78, 5) is 22.0. The number of nitrogens with one attached hydrogen (secondary N) is 2. The predicted octanol–water partition coefficient (Wildman–Crippen LogP) is 3.15. The van der Waals surface area contributed by atoms with E-state index in [1.165, 1.54) is 6.07 Å². The molecule has 1 aromatic carbocycles. The van der Waals surface area contributed by atoms with Crippen LogP contribution in [0.2, 0.25) is 0 Å². The van der Waals surface area contributed by atoms with E-state index in [0.29, 0.717) is 12.0 Å². The van der Waals surface area contributed by atoms with E-state index in [2.05, 4.69) is 10.6 Å². The molecular weight excluding hydrogens is 325 g/mol. The van der Waals surface area contributed by atoms with E-state index in [9.17, 15) is 22.8 Å². The molecule has 0 radical (unpaired) electrons. The minimum atomic E-state index is -4.42. The Balaban J connectivity index is 2.57. The molecule has 0 unspecified atom stereocenters. The first kappa shape index (κ1) is 19.8. The Morgan fingerprint density at radius 2 is 1.75 bits per heavy atom. The summed E-state index contributed by atoms with van der Waals surface area (Å²) < 4.78 is 38.3. The van der Waals surface area contributed by atoms with Crippen LogP contribution in [0.1, 0.15) is 37.8 Å². The van der Waals surface area contributed by atoms with Gasteiger partial charge in [0, 0.05) is 24.9 Å². The lowest BCUT2D eigenvalue weighted by Crippen LogP contribution is -2.42. The molecule has 0 aliphatic carbocycles. The minimum Gasteiger partial charge on any atom is -0.481 e. The van der Waals surface area contributed by atoms with Crippen molar-refractivity contribution in [1.29, 1.82) is 0 Å². The Bertz CT molecular complexity index is 586. The number of aliphatic carboxylic acids is 1. The van der Waals surface area contributed by atoms with Crippen molar-refractivity contribution in [3.8, 4) is 0 Å². The summed E-state index contributed by atoms with van der Waals surface area (Å²) in [6, 6.07) is 4.52. The molecule has 0 bridgehead atoms. The smallest absolute Gasteiger partial charge is 0.416 e. The van der Waals surface area contributed by atoms with Gasteiger partial charge in [-0.25, -0.2) is 4.79 Å². The van der Waals surface area contributed by atoms with E-state index >= 15 is 0 Å². The highest BCUT2D eigenvalue weighted by Gasteiger charge is 2.32. The average Bonchev–Trinajstić information content (AvgIpc) is 2.49. The summed E-state index contributed by atoms with van der Waals surface area (Å²) in [6.45, 7) is 3.81. The number of hydrogen-bond donors (Lipinski definition) is 3.